The fourth-order valence-electron chi connectivity index (χ4n) is 3.33. The molecule has 0 fully saturated rings. The molecule has 0 radical (unpaired) electrons. The number of halogens is 7. The van der Waals surface area contributed by atoms with Crippen LogP contribution < -0.4 is 10.9 Å². The Morgan fingerprint density at radius 2 is 1.54 bits per heavy atom. The van der Waals surface area contributed by atoms with Gasteiger partial charge in [-0.1, -0.05) is 53.7 Å². The lowest BCUT2D eigenvalue weighted by molar-refractivity contribution is -0.143. The van der Waals surface area contributed by atoms with Gasteiger partial charge in [0, 0.05) is 22.6 Å². The van der Waals surface area contributed by atoms with Crippen LogP contribution in [0, 0.1) is 0 Å². The SMILES string of the molecule is FC(F)(F)c1cc(C2=NC(Sc3cc(Cl)nc(Sc4nc(-c5ccccc5)cs4)n3)NN2)cc(C(F)(F)F)c1. The third-order valence-corrected chi connectivity index (χ3v) is 7.93. The number of alkyl halides is 6. The van der Waals surface area contributed by atoms with Gasteiger partial charge in [0.15, 0.2) is 15.0 Å². The number of aromatic nitrogens is 3. The summed E-state index contributed by atoms with van der Waals surface area (Å²) in [7, 11) is 0. The molecule has 0 saturated carbocycles. The molecule has 0 amide bonds. The highest BCUT2D eigenvalue weighted by Crippen LogP contribution is 2.37. The fourth-order valence-corrected chi connectivity index (χ4v) is 6.21. The van der Waals surface area contributed by atoms with Crippen LogP contribution >= 0.6 is 46.5 Å². The molecule has 0 bridgehead atoms. The summed E-state index contributed by atoms with van der Waals surface area (Å²) in [5.74, 6) is -0.185. The molecule has 16 heteroatoms. The third-order valence-electron chi connectivity index (χ3n) is 5.04. The number of hydrogen-bond acceptors (Lipinski definition) is 9. The topological polar surface area (TPSA) is 75.1 Å². The number of benzene rings is 2. The third kappa shape index (κ3) is 6.84. The highest BCUT2D eigenvalue weighted by Gasteiger charge is 2.37. The lowest BCUT2D eigenvalue weighted by Crippen LogP contribution is -2.34. The summed E-state index contributed by atoms with van der Waals surface area (Å²) in [5, 5.41) is 2.72. The van der Waals surface area contributed by atoms with Crippen LogP contribution in [0.1, 0.15) is 16.7 Å². The van der Waals surface area contributed by atoms with E-state index in [0.717, 1.165) is 23.0 Å². The Hall–Kier alpha value is -2.85. The molecular formula is C23H13ClF6N6S3. The smallest absolute Gasteiger partial charge is 0.303 e. The predicted octanol–water partition coefficient (Wildman–Crippen LogP) is 7.37. The molecular weight excluding hydrogens is 606 g/mol. The minimum Gasteiger partial charge on any atom is -0.303 e. The average Bonchev–Trinajstić information content (AvgIpc) is 3.53. The maximum atomic E-state index is 13.2. The van der Waals surface area contributed by atoms with Crippen molar-refractivity contribution in [3.63, 3.8) is 0 Å². The molecule has 0 aliphatic carbocycles. The van der Waals surface area contributed by atoms with Crippen LogP contribution in [-0.2, 0) is 12.4 Å². The maximum absolute atomic E-state index is 13.2. The molecule has 0 saturated heterocycles. The summed E-state index contributed by atoms with van der Waals surface area (Å²) in [6, 6.07) is 12.3. The molecule has 1 unspecified atom stereocenters. The molecule has 6 nitrogen and oxygen atoms in total. The number of aliphatic imine (C=N–C) groups is 1. The number of nitrogens with one attached hydrogen (secondary N) is 2. The number of amidine groups is 1. The Balaban J connectivity index is 1.34. The van der Waals surface area contributed by atoms with Gasteiger partial charge in [-0.3, -0.25) is 0 Å². The van der Waals surface area contributed by atoms with Gasteiger partial charge in [-0.05, 0) is 30.0 Å². The van der Waals surface area contributed by atoms with Crippen molar-refractivity contribution >= 4 is 52.3 Å². The summed E-state index contributed by atoms with van der Waals surface area (Å²) in [6.45, 7) is 0. The van der Waals surface area contributed by atoms with E-state index in [4.69, 9.17) is 11.6 Å². The van der Waals surface area contributed by atoms with Crippen LogP contribution in [-0.4, -0.2) is 26.3 Å². The molecule has 3 heterocycles. The van der Waals surface area contributed by atoms with Crippen molar-refractivity contribution in [3.8, 4) is 11.3 Å². The van der Waals surface area contributed by atoms with E-state index >= 15 is 0 Å². The Morgan fingerprint density at radius 1 is 0.846 bits per heavy atom. The fraction of sp³-hybridized carbons (Fsp3) is 0.130. The molecule has 1 atom stereocenters. The standard InChI is InChI=1S/C23H13ClF6N6S3/c24-16-9-17(33-19(32-16)39-21-31-15(10-37-21)11-4-2-1-3-5-11)38-20-34-18(35-36-20)12-6-13(22(25,26)27)8-14(7-12)23(28,29)30/h1-10,20,36H,(H,34,35). The first kappa shape index (κ1) is 27.7. The molecule has 5 rings (SSSR count). The number of rotatable bonds is 6. The molecule has 202 valence electrons. The lowest BCUT2D eigenvalue weighted by Gasteiger charge is -2.14. The number of thioether (sulfide) groups is 1. The minimum absolute atomic E-state index is 0.0615. The summed E-state index contributed by atoms with van der Waals surface area (Å²) >= 11 is 9.81. The second-order valence-electron chi connectivity index (χ2n) is 7.79. The van der Waals surface area contributed by atoms with Crippen molar-refractivity contribution in [3.05, 3.63) is 81.8 Å². The first-order valence-electron chi connectivity index (χ1n) is 10.7. The van der Waals surface area contributed by atoms with Gasteiger partial charge >= 0.3 is 12.4 Å². The molecule has 2 aromatic heterocycles. The van der Waals surface area contributed by atoms with Crippen LogP contribution in [0.5, 0.6) is 0 Å². The zero-order valence-corrected chi connectivity index (χ0v) is 22.2. The van der Waals surface area contributed by atoms with Crippen molar-refractivity contribution in [1.29, 1.82) is 0 Å². The number of thiazole rings is 1. The highest BCUT2D eigenvalue weighted by atomic mass is 35.5. The monoisotopic (exact) mass is 618 g/mol. The van der Waals surface area contributed by atoms with Crippen LogP contribution in [0.2, 0.25) is 5.15 Å². The summed E-state index contributed by atoms with van der Waals surface area (Å²) in [4.78, 5) is 17.4. The second kappa shape index (κ2) is 11.0. The van der Waals surface area contributed by atoms with Gasteiger partial charge < -0.3 is 5.43 Å². The predicted molar refractivity (Wildman–Crippen MR) is 138 cm³/mol. The quantitative estimate of drug-likeness (QED) is 0.133. The van der Waals surface area contributed by atoms with Crippen molar-refractivity contribution in [1.82, 2.24) is 25.8 Å². The zero-order valence-electron chi connectivity index (χ0n) is 19.0. The molecule has 1 aliphatic rings. The Bertz CT molecular complexity index is 1490. The number of hydrogen-bond donors (Lipinski definition) is 2. The van der Waals surface area contributed by atoms with Gasteiger partial charge in [-0.15, -0.1) is 11.3 Å². The van der Waals surface area contributed by atoms with Gasteiger partial charge in [0.2, 0.25) is 0 Å². The zero-order chi connectivity index (χ0) is 27.8. The maximum Gasteiger partial charge on any atom is 0.416 e. The molecule has 1 aliphatic heterocycles. The molecule has 4 aromatic rings. The van der Waals surface area contributed by atoms with E-state index in [9.17, 15) is 26.3 Å². The van der Waals surface area contributed by atoms with E-state index in [1.54, 1.807) is 0 Å². The van der Waals surface area contributed by atoms with Gasteiger partial charge in [-0.25, -0.2) is 25.4 Å². The Morgan fingerprint density at radius 3 is 2.21 bits per heavy atom. The average molecular weight is 619 g/mol. The Kier molecular flexibility index (Phi) is 7.79. The first-order valence-corrected chi connectivity index (χ1v) is 13.7. The van der Waals surface area contributed by atoms with E-state index in [1.807, 2.05) is 35.7 Å². The largest absolute Gasteiger partial charge is 0.416 e. The normalized spacial score (nSPS) is 15.8. The van der Waals surface area contributed by atoms with Gasteiger partial charge in [0.05, 0.1) is 16.8 Å². The van der Waals surface area contributed by atoms with Crippen molar-refractivity contribution in [2.45, 2.75) is 32.4 Å². The van der Waals surface area contributed by atoms with Crippen LogP contribution in [0.25, 0.3) is 11.3 Å². The van der Waals surface area contributed by atoms with E-state index < -0.39 is 29.0 Å². The van der Waals surface area contributed by atoms with Crippen molar-refractivity contribution < 1.29 is 26.3 Å². The summed E-state index contributed by atoms with van der Waals surface area (Å²) in [5.41, 5.74) is 2.94. The van der Waals surface area contributed by atoms with Crippen LogP contribution in [0.15, 0.2) is 79.5 Å². The minimum atomic E-state index is -4.97. The molecule has 39 heavy (non-hydrogen) atoms. The van der Waals surface area contributed by atoms with Gasteiger partial charge in [-0.2, -0.15) is 26.3 Å². The van der Waals surface area contributed by atoms with Crippen LogP contribution in [0.4, 0.5) is 26.3 Å². The molecule has 2 aromatic carbocycles. The van der Waals surface area contributed by atoms with E-state index in [-0.39, 0.29) is 22.6 Å². The van der Waals surface area contributed by atoms with Crippen molar-refractivity contribution in [2.75, 3.05) is 0 Å². The lowest BCUT2D eigenvalue weighted by atomic mass is 10.0. The highest BCUT2D eigenvalue weighted by molar-refractivity contribution is 8.01. The van der Waals surface area contributed by atoms with Crippen LogP contribution in [0.3, 0.4) is 0 Å². The second-order valence-corrected chi connectivity index (χ2v) is 11.4. The van der Waals surface area contributed by atoms with Gasteiger partial charge in [0.1, 0.15) is 16.0 Å². The van der Waals surface area contributed by atoms with Gasteiger partial charge in [0.25, 0.3) is 0 Å². The van der Waals surface area contributed by atoms with E-state index in [0.29, 0.717) is 26.7 Å². The van der Waals surface area contributed by atoms with E-state index in [2.05, 4.69) is 30.8 Å². The number of hydrazine groups is 1. The summed E-state index contributed by atoms with van der Waals surface area (Å²) in [6.07, 6.45) is -9.94. The molecule has 0 spiro atoms. The Labute approximate surface area is 234 Å². The number of nitrogens with zero attached hydrogens (tertiary/aromatic N) is 4. The molecule has 2 N–H and O–H groups in total. The summed E-state index contributed by atoms with van der Waals surface area (Å²) < 4.78 is 80.0. The first-order chi connectivity index (χ1) is 18.4. The van der Waals surface area contributed by atoms with Crippen molar-refractivity contribution in [2.24, 2.45) is 4.99 Å². The van der Waals surface area contributed by atoms with E-state index in [1.165, 1.54) is 29.2 Å².